The molecule has 0 radical (unpaired) electrons. The highest BCUT2D eigenvalue weighted by Crippen LogP contribution is 2.20. The maximum atomic E-state index is 12.4. The highest BCUT2D eigenvalue weighted by Gasteiger charge is 2.13. The van der Waals surface area contributed by atoms with Gasteiger partial charge in [0.15, 0.2) is 5.76 Å². The molecule has 6 heteroatoms. The molecule has 0 fully saturated rings. The van der Waals surface area contributed by atoms with Crippen LogP contribution in [-0.2, 0) is 11.3 Å². The zero-order valence-corrected chi connectivity index (χ0v) is 15.5. The van der Waals surface area contributed by atoms with Gasteiger partial charge in [-0.2, -0.15) is 0 Å². The first-order valence-corrected chi connectivity index (χ1v) is 8.85. The summed E-state index contributed by atoms with van der Waals surface area (Å²) in [7, 11) is 1.60. The van der Waals surface area contributed by atoms with Crippen LogP contribution in [0.3, 0.4) is 0 Å². The van der Waals surface area contributed by atoms with Gasteiger partial charge < -0.3 is 14.6 Å². The lowest BCUT2D eigenvalue weighted by molar-refractivity contribution is -0.117. The van der Waals surface area contributed by atoms with Gasteiger partial charge in [0.2, 0.25) is 5.91 Å². The van der Waals surface area contributed by atoms with Gasteiger partial charge in [-0.15, -0.1) is 0 Å². The molecular weight excluding hydrogens is 342 g/mol. The Kier molecular flexibility index (Phi) is 6.22. The predicted octanol–water partition coefficient (Wildman–Crippen LogP) is 3.81. The van der Waals surface area contributed by atoms with Crippen LogP contribution in [0.2, 0.25) is 0 Å². The number of benzene rings is 2. The summed E-state index contributed by atoms with van der Waals surface area (Å²) >= 11 is 0. The highest BCUT2D eigenvalue weighted by molar-refractivity contribution is 5.92. The van der Waals surface area contributed by atoms with Crippen LogP contribution in [0, 0.1) is 0 Å². The van der Waals surface area contributed by atoms with Gasteiger partial charge in [-0.25, -0.2) is 0 Å². The molecule has 0 atom stereocenters. The van der Waals surface area contributed by atoms with Crippen molar-refractivity contribution in [1.82, 2.24) is 10.1 Å². The summed E-state index contributed by atoms with van der Waals surface area (Å²) in [4.78, 5) is 14.4. The van der Waals surface area contributed by atoms with Crippen molar-refractivity contribution in [2.45, 2.75) is 13.5 Å². The van der Waals surface area contributed by atoms with E-state index in [1.807, 2.05) is 66.4 Å². The Morgan fingerprint density at radius 2 is 1.96 bits per heavy atom. The number of carbonyl (C=O) groups excluding carboxylic acids is 1. The lowest BCUT2D eigenvalue weighted by atomic mass is 10.1. The molecule has 0 saturated heterocycles. The van der Waals surface area contributed by atoms with Crippen molar-refractivity contribution in [3.8, 4) is 17.1 Å². The smallest absolute Gasteiger partial charge is 0.238 e. The molecule has 140 valence electrons. The van der Waals surface area contributed by atoms with Gasteiger partial charge in [0.25, 0.3) is 0 Å². The zero-order valence-electron chi connectivity index (χ0n) is 15.5. The van der Waals surface area contributed by atoms with Crippen molar-refractivity contribution >= 4 is 11.6 Å². The number of nitrogens with zero attached hydrogens (tertiary/aromatic N) is 2. The number of carbonyl (C=O) groups is 1. The normalized spacial score (nSPS) is 10.8. The van der Waals surface area contributed by atoms with Gasteiger partial charge in [-0.3, -0.25) is 9.69 Å². The average molecular weight is 365 g/mol. The number of anilines is 1. The van der Waals surface area contributed by atoms with E-state index in [4.69, 9.17) is 9.26 Å². The third-order valence-electron chi connectivity index (χ3n) is 4.17. The third-order valence-corrected chi connectivity index (χ3v) is 4.17. The predicted molar refractivity (Wildman–Crippen MR) is 105 cm³/mol. The van der Waals surface area contributed by atoms with E-state index in [2.05, 4.69) is 10.5 Å². The minimum atomic E-state index is -0.0862. The number of nitrogens with one attached hydrogen (secondary N) is 1. The number of hydrogen-bond donors (Lipinski definition) is 1. The number of amides is 1. The van der Waals surface area contributed by atoms with Crippen LogP contribution in [0.1, 0.15) is 12.6 Å². The Morgan fingerprint density at radius 3 is 2.70 bits per heavy atom. The Labute approximate surface area is 158 Å². The highest BCUT2D eigenvalue weighted by atomic mass is 16.5. The molecule has 0 aliphatic carbocycles. The van der Waals surface area contributed by atoms with E-state index < -0.39 is 0 Å². The van der Waals surface area contributed by atoms with Crippen molar-refractivity contribution in [2.24, 2.45) is 0 Å². The van der Waals surface area contributed by atoms with E-state index in [9.17, 15) is 4.79 Å². The zero-order chi connectivity index (χ0) is 19.1. The molecule has 3 aromatic rings. The third kappa shape index (κ3) is 5.18. The number of methoxy groups -OCH3 is 1. The minimum Gasteiger partial charge on any atom is -0.497 e. The molecular formula is C21H23N3O3. The molecule has 1 aromatic heterocycles. The summed E-state index contributed by atoms with van der Waals surface area (Å²) in [5, 5.41) is 7.02. The second kappa shape index (κ2) is 9.00. The van der Waals surface area contributed by atoms with Crippen molar-refractivity contribution in [3.05, 3.63) is 66.4 Å². The second-order valence-electron chi connectivity index (χ2n) is 6.13. The lowest BCUT2D eigenvalue weighted by Crippen LogP contribution is -2.32. The van der Waals surface area contributed by atoms with Crippen molar-refractivity contribution in [2.75, 3.05) is 25.5 Å². The second-order valence-corrected chi connectivity index (χ2v) is 6.13. The Balaban J connectivity index is 1.59. The molecule has 27 heavy (non-hydrogen) atoms. The summed E-state index contributed by atoms with van der Waals surface area (Å²) in [6.45, 7) is 3.54. The van der Waals surface area contributed by atoms with Gasteiger partial charge in [0, 0.05) is 29.9 Å². The summed E-state index contributed by atoms with van der Waals surface area (Å²) in [6.07, 6.45) is 0. The maximum Gasteiger partial charge on any atom is 0.238 e. The molecule has 0 unspecified atom stereocenters. The molecule has 3 rings (SSSR count). The van der Waals surface area contributed by atoms with Gasteiger partial charge in [-0.05, 0) is 18.7 Å². The van der Waals surface area contributed by atoms with E-state index >= 15 is 0 Å². The van der Waals surface area contributed by atoms with Gasteiger partial charge >= 0.3 is 0 Å². The van der Waals surface area contributed by atoms with Crippen LogP contribution in [0.4, 0.5) is 5.69 Å². The molecule has 1 N–H and O–H groups in total. The SMILES string of the molecule is CCN(CC(=O)Nc1cccc(OC)c1)Cc1cc(-c2ccccc2)on1. The molecule has 1 heterocycles. The number of rotatable bonds is 8. The average Bonchev–Trinajstić information content (AvgIpc) is 3.16. The van der Waals surface area contributed by atoms with E-state index in [0.717, 1.165) is 23.6 Å². The monoisotopic (exact) mass is 365 g/mol. The molecule has 1 amide bonds. The lowest BCUT2D eigenvalue weighted by Gasteiger charge is -2.18. The summed E-state index contributed by atoms with van der Waals surface area (Å²) < 4.78 is 10.6. The first kappa shape index (κ1) is 18.7. The molecule has 0 aliphatic rings. The van der Waals surface area contributed by atoms with E-state index in [-0.39, 0.29) is 12.5 Å². The first-order chi connectivity index (χ1) is 13.2. The van der Waals surface area contributed by atoms with Crippen molar-refractivity contribution < 1.29 is 14.1 Å². The van der Waals surface area contributed by atoms with Gasteiger partial charge in [0.1, 0.15) is 5.75 Å². The first-order valence-electron chi connectivity index (χ1n) is 8.85. The topological polar surface area (TPSA) is 67.6 Å². The maximum absolute atomic E-state index is 12.4. The van der Waals surface area contributed by atoms with Crippen molar-refractivity contribution in [3.63, 3.8) is 0 Å². The van der Waals surface area contributed by atoms with E-state index in [1.54, 1.807) is 13.2 Å². The molecule has 0 saturated carbocycles. The van der Waals surface area contributed by atoms with Gasteiger partial charge in [-0.1, -0.05) is 48.5 Å². The quantitative estimate of drug-likeness (QED) is 0.657. The molecule has 0 aliphatic heterocycles. The Bertz CT molecular complexity index is 877. The Morgan fingerprint density at radius 1 is 1.15 bits per heavy atom. The summed E-state index contributed by atoms with van der Waals surface area (Å²) in [6, 6.07) is 19.0. The van der Waals surface area contributed by atoms with Crippen LogP contribution >= 0.6 is 0 Å². The van der Waals surface area contributed by atoms with Crippen LogP contribution in [0.25, 0.3) is 11.3 Å². The van der Waals surface area contributed by atoms with E-state index in [1.165, 1.54) is 0 Å². The number of likely N-dealkylation sites (N-methyl/N-ethyl adjacent to an activating group) is 1. The molecule has 0 spiro atoms. The fourth-order valence-electron chi connectivity index (χ4n) is 2.74. The number of aromatic nitrogens is 1. The molecule has 0 bridgehead atoms. The van der Waals surface area contributed by atoms with Crippen LogP contribution in [-0.4, -0.2) is 36.2 Å². The minimum absolute atomic E-state index is 0.0862. The Hall–Kier alpha value is -3.12. The van der Waals surface area contributed by atoms with Crippen LogP contribution in [0.15, 0.2) is 65.2 Å². The van der Waals surface area contributed by atoms with E-state index in [0.29, 0.717) is 18.0 Å². The van der Waals surface area contributed by atoms with Crippen LogP contribution in [0.5, 0.6) is 5.75 Å². The number of ether oxygens (including phenoxy) is 1. The standard InChI is InChI=1S/C21H23N3O3/c1-3-24(15-21(25)22-17-10-7-11-19(12-17)26-2)14-18-13-20(27-23-18)16-8-5-4-6-9-16/h4-13H,3,14-15H2,1-2H3,(H,22,25). The fraction of sp³-hybridized carbons (Fsp3) is 0.238. The number of hydrogen-bond acceptors (Lipinski definition) is 5. The summed E-state index contributed by atoms with van der Waals surface area (Å²) in [5.41, 5.74) is 2.49. The van der Waals surface area contributed by atoms with Gasteiger partial charge in [0.05, 0.1) is 19.3 Å². The van der Waals surface area contributed by atoms with Crippen LogP contribution < -0.4 is 10.1 Å². The molecule has 6 nitrogen and oxygen atoms in total. The largest absolute Gasteiger partial charge is 0.497 e. The summed E-state index contributed by atoms with van der Waals surface area (Å²) in [5.74, 6) is 1.34. The van der Waals surface area contributed by atoms with Crippen molar-refractivity contribution in [1.29, 1.82) is 0 Å². The fourth-order valence-corrected chi connectivity index (χ4v) is 2.74. The molecule has 2 aromatic carbocycles.